The van der Waals surface area contributed by atoms with Gasteiger partial charge in [0.05, 0.1) is 7.11 Å². The van der Waals surface area contributed by atoms with Gasteiger partial charge in [-0.2, -0.15) is 0 Å². The number of carbonyl (C=O) groups excluding carboxylic acids is 2. The van der Waals surface area contributed by atoms with Crippen molar-refractivity contribution in [3.05, 3.63) is 29.6 Å². The van der Waals surface area contributed by atoms with E-state index in [9.17, 15) is 14.0 Å². The fraction of sp³-hybridized carbons (Fsp3) is 0.273. The number of methoxy groups -OCH3 is 1. The van der Waals surface area contributed by atoms with Crippen LogP contribution < -0.4 is 4.74 Å². The molecule has 15 heavy (non-hydrogen) atoms. The van der Waals surface area contributed by atoms with Crippen molar-refractivity contribution in [3.63, 3.8) is 0 Å². The van der Waals surface area contributed by atoms with Gasteiger partial charge in [0.15, 0.2) is 11.6 Å². The Morgan fingerprint density at radius 2 is 2.07 bits per heavy atom. The summed E-state index contributed by atoms with van der Waals surface area (Å²) < 4.78 is 17.9. The summed E-state index contributed by atoms with van der Waals surface area (Å²) in [7, 11) is 1.33. The predicted octanol–water partition coefficient (Wildman–Crippen LogP) is 2.00. The lowest BCUT2D eigenvalue weighted by Crippen LogP contribution is -2.12. The van der Waals surface area contributed by atoms with Crippen LogP contribution in [0.1, 0.15) is 23.7 Å². The third kappa shape index (κ3) is 2.40. The van der Waals surface area contributed by atoms with Crippen LogP contribution in [0.5, 0.6) is 5.75 Å². The Morgan fingerprint density at radius 1 is 1.40 bits per heavy atom. The summed E-state index contributed by atoms with van der Waals surface area (Å²) in [5.74, 6) is -1.79. The number of Topliss-reactive ketones (excluding diaryl/α,β-unsaturated/α-hetero) is 2. The summed E-state index contributed by atoms with van der Waals surface area (Å²) in [6.45, 7) is 1.58. The van der Waals surface area contributed by atoms with Crippen molar-refractivity contribution in [1.82, 2.24) is 0 Å². The Labute approximate surface area is 86.9 Å². The van der Waals surface area contributed by atoms with Crippen LogP contribution in [0.4, 0.5) is 4.39 Å². The predicted molar refractivity (Wildman–Crippen MR) is 52.6 cm³/mol. The zero-order valence-corrected chi connectivity index (χ0v) is 8.54. The largest absolute Gasteiger partial charge is 0.494 e. The molecule has 0 aliphatic rings. The first-order chi connectivity index (χ1) is 7.10. The van der Waals surface area contributed by atoms with E-state index in [-0.39, 0.29) is 17.7 Å². The Bertz CT molecular complexity index is 399. The minimum atomic E-state index is -0.668. The van der Waals surface area contributed by atoms with Gasteiger partial charge in [0.25, 0.3) is 0 Å². The molecule has 1 rings (SSSR count). The number of carbonyl (C=O) groups is 2. The minimum Gasteiger partial charge on any atom is -0.494 e. The standard InChI is InChI=1S/C11H11FO3/c1-3-9(13)11(14)7-4-5-10(15-2)8(12)6-7/h4-6H,3H2,1-2H3. The van der Waals surface area contributed by atoms with Crippen molar-refractivity contribution in [3.8, 4) is 5.75 Å². The summed E-state index contributed by atoms with van der Waals surface area (Å²) >= 11 is 0. The van der Waals surface area contributed by atoms with E-state index < -0.39 is 17.4 Å². The van der Waals surface area contributed by atoms with Crippen LogP contribution in [0, 0.1) is 5.82 Å². The maximum atomic E-state index is 13.2. The Kier molecular flexibility index (Phi) is 3.55. The molecule has 0 unspecified atom stereocenters. The van der Waals surface area contributed by atoms with Crippen LogP contribution >= 0.6 is 0 Å². The summed E-state index contributed by atoms with van der Waals surface area (Å²) in [6.07, 6.45) is 0.118. The molecule has 0 saturated heterocycles. The number of hydrogen-bond donors (Lipinski definition) is 0. The van der Waals surface area contributed by atoms with Gasteiger partial charge < -0.3 is 4.74 Å². The molecule has 0 fully saturated rings. The van der Waals surface area contributed by atoms with E-state index >= 15 is 0 Å². The molecule has 0 saturated carbocycles. The number of benzene rings is 1. The van der Waals surface area contributed by atoms with Crippen LogP contribution in [0.3, 0.4) is 0 Å². The quantitative estimate of drug-likeness (QED) is 0.564. The van der Waals surface area contributed by atoms with Crippen LogP contribution in [0.25, 0.3) is 0 Å². The first-order valence-corrected chi connectivity index (χ1v) is 4.51. The van der Waals surface area contributed by atoms with E-state index in [1.54, 1.807) is 6.92 Å². The SMILES string of the molecule is CCC(=O)C(=O)c1ccc(OC)c(F)c1. The molecule has 1 aromatic carbocycles. The first-order valence-electron chi connectivity index (χ1n) is 4.51. The molecule has 0 heterocycles. The number of ether oxygens (including phenoxy) is 1. The maximum absolute atomic E-state index is 13.2. The van der Waals surface area contributed by atoms with Gasteiger partial charge in [0.1, 0.15) is 0 Å². The van der Waals surface area contributed by atoms with Crippen molar-refractivity contribution in [2.24, 2.45) is 0 Å². The average Bonchev–Trinajstić information content (AvgIpc) is 2.26. The number of rotatable bonds is 4. The second-order valence-corrected chi connectivity index (χ2v) is 2.96. The van der Waals surface area contributed by atoms with E-state index in [2.05, 4.69) is 0 Å². The number of halogens is 1. The van der Waals surface area contributed by atoms with Crippen LogP contribution in [0.15, 0.2) is 18.2 Å². The zero-order valence-electron chi connectivity index (χ0n) is 8.54. The summed E-state index contributed by atoms with van der Waals surface area (Å²) in [4.78, 5) is 22.4. The molecule has 0 N–H and O–H groups in total. The van der Waals surface area contributed by atoms with Gasteiger partial charge in [-0.05, 0) is 18.2 Å². The van der Waals surface area contributed by atoms with Crippen LogP contribution in [-0.4, -0.2) is 18.7 Å². The molecule has 0 amide bonds. The van der Waals surface area contributed by atoms with E-state index in [0.29, 0.717) is 0 Å². The lowest BCUT2D eigenvalue weighted by Gasteiger charge is -2.03. The molecule has 1 aromatic rings. The number of ketones is 2. The normalized spacial score (nSPS) is 9.80. The van der Waals surface area contributed by atoms with Gasteiger partial charge in [0, 0.05) is 12.0 Å². The number of hydrogen-bond acceptors (Lipinski definition) is 3. The maximum Gasteiger partial charge on any atom is 0.228 e. The molecule has 0 aliphatic carbocycles. The molecule has 0 aliphatic heterocycles. The average molecular weight is 210 g/mol. The van der Waals surface area contributed by atoms with Crippen molar-refractivity contribution >= 4 is 11.6 Å². The van der Waals surface area contributed by atoms with Gasteiger partial charge >= 0.3 is 0 Å². The smallest absolute Gasteiger partial charge is 0.228 e. The third-order valence-corrected chi connectivity index (χ3v) is 1.99. The van der Waals surface area contributed by atoms with E-state index in [0.717, 1.165) is 6.07 Å². The van der Waals surface area contributed by atoms with Crippen molar-refractivity contribution in [1.29, 1.82) is 0 Å². The molecule has 0 radical (unpaired) electrons. The summed E-state index contributed by atoms with van der Waals surface area (Å²) in [5, 5.41) is 0. The van der Waals surface area contributed by atoms with Crippen LogP contribution in [-0.2, 0) is 4.79 Å². The van der Waals surface area contributed by atoms with Crippen molar-refractivity contribution in [2.75, 3.05) is 7.11 Å². The van der Waals surface area contributed by atoms with Gasteiger partial charge in [-0.25, -0.2) is 4.39 Å². The highest BCUT2D eigenvalue weighted by Crippen LogP contribution is 2.18. The molecular weight excluding hydrogens is 199 g/mol. The Hall–Kier alpha value is -1.71. The Balaban J connectivity index is 3.02. The highest BCUT2D eigenvalue weighted by molar-refractivity contribution is 6.43. The molecule has 0 spiro atoms. The lowest BCUT2D eigenvalue weighted by atomic mass is 10.1. The van der Waals surface area contributed by atoms with Gasteiger partial charge in [-0.15, -0.1) is 0 Å². The van der Waals surface area contributed by atoms with Gasteiger partial charge in [0.2, 0.25) is 11.6 Å². The van der Waals surface area contributed by atoms with Gasteiger partial charge in [-0.3, -0.25) is 9.59 Å². The van der Waals surface area contributed by atoms with Crippen LogP contribution in [0.2, 0.25) is 0 Å². The van der Waals surface area contributed by atoms with Gasteiger partial charge in [-0.1, -0.05) is 6.92 Å². The highest BCUT2D eigenvalue weighted by atomic mass is 19.1. The lowest BCUT2D eigenvalue weighted by molar-refractivity contribution is -0.114. The van der Waals surface area contributed by atoms with Crippen molar-refractivity contribution in [2.45, 2.75) is 13.3 Å². The highest BCUT2D eigenvalue weighted by Gasteiger charge is 2.15. The van der Waals surface area contributed by atoms with E-state index in [4.69, 9.17) is 4.74 Å². The van der Waals surface area contributed by atoms with Crippen molar-refractivity contribution < 1.29 is 18.7 Å². The molecule has 3 nitrogen and oxygen atoms in total. The molecule has 80 valence electrons. The second-order valence-electron chi connectivity index (χ2n) is 2.96. The zero-order chi connectivity index (χ0) is 11.4. The summed E-state index contributed by atoms with van der Waals surface area (Å²) in [6, 6.07) is 3.71. The Morgan fingerprint density at radius 3 is 2.53 bits per heavy atom. The monoisotopic (exact) mass is 210 g/mol. The van der Waals surface area contributed by atoms with E-state index in [1.807, 2.05) is 0 Å². The molecular formula is C11H11FO3. The van der Waals surface area contributed by atoms with E-state index in [1.165, 1.54) is 19.2 Å². The molecule has 0 atom stereocenters. The second kappa shape index (κ2) is 4.68. The summed E-state index contributed by atoms with van der Waals surface area (Å²) in [5.41, 5.74) is 0.0557. The topological polar surface area (TPSA) is 43.4 Å². The fourth-order valence-corrected chi connectivity index (χ4v) is 1.13. The third-order valence-electron chi connectivity index (χ3n) is 1.99. The first kappa shape index (κ1) is 11.4. The molecule has 0 aromatic heterocycles. The fourth-order valence-electron chi connectivity index (χ4n) is 1.13. The molecule has 4 heteroatoms. The minimum absolute atomic E-state index is 0.0514. The molecule has 0 bridgehead atoms.